The summed E-state index contributed by atoms with van der Waals surface area (Å²) in [6, 6.07) is 7.26. The highest BCUT2D eigenvalue weighted by Gasteiger charge is 2.32. The van der Waals surface area contributed by atoms with E-state index in [2.05, 4.69) is 4.98 Å². The Morgan fingerprint density at radius 1 is 1.09 bits per heavy atom. The molecule has 0 aliphatic heterocycles. The number of halogens is 4. The maximum absolute atomic E-state index is 13.2. The first kappa shape index (κ1) is 23.6. The zero-order valence-corrected chi connectivity index (χ0v) is 18.7. The number of benzene rings is 2. The lowest BCUT2D eigenvalue weighted by atomic mass is 10.0. The first-order valence-corrected chi connectivity index (χ1v) is 11.7. The Morgan fingerprint density at radius 2 is 1.74 bits per heavy atom. The molecule has 0 unspecified atom stereocenters. The second kappa shape index (κ2) is 8.05. The van der Waals surface area contributed by atoms with Gasteiger partial charge < -0.3 is 14.8 Å². The Kier molecular flexibility index (Phi) is 5.59. The summed E-state index contributed by atoms with van der Waals surface area (Å²) in [5.74, 6) is -1.86. The second-order valence-corrected chi connectivity index (χ2v) is 9.97. The van der Waals surface area contributed by atoms with Crippen LogP contribution in [0, 0.1) is 5.82 Å². The van der Waals surface area contributed by atoms with E-state index in [0.29, 0.717) is 16.6 Å². The van der Waals surface area contributed by atoms with Crippen molar-refractivity contribution in [2.45, 2.75) is 19.1 Å². The summed E-state index contributed by atoms with van der Waals surface area (Å²) in [7, 11) is -2.68. The van der Waals surface area contributed by atoms with E-state index in [9.17, 15) is 36.2 Å². The molecule has 4 aromatic rings. The van der Waals surface area contributed by atoms with E-state index >= 15 is 0 Å². The van der Waals surface area contributed by atoms with Crippen LogP contribution in [-0.2, 0) is 23.0 Å². The normalized spacial score (nSPS) is 12.5. The number of alkyl halides is 3. The average molecular weight is 497 g/mol. The molecule has 0 amide bonds. The van der Waals surface area contributed by atoms with Crippen LogP contribution in [0.2, 0.25) is 0 Å². The van der Waals surface area contributed by atoms with Crippen molar-refractivity contribution in [2.24, 2.45) is 0 Å². The van der Waals surface area contributed by atoms with E-state index in [4.69, 9.17) is 0 Å². The number of rotatable bonds is 5. The lowest BCUT2D eigenvalue weighted by Gasteiger charge is -2.21. The number of aromatic hydroxyl groups is 2. The van der Waals surface area contributed by atoms with Crippen LogP contribution in [0.3, 0.4) is 0 Å². The summed E-state index contributed by atoms with van der Waals surface area (Å²) in [4.78, 5) is 4.21. The van der Waals surface area contributed by atoms with Gasteiger partial charge in [-0.1, -0.05) is 12.1 Å². The molecule has 4 rings (SSSR count). The van der Waals surface area contributed by atoms with Gasteiger partial charge in [-0.25, -0.2) is 12.8 Å². The van der Waals surface area contributed by atoms with Crippen LogP contribution < -0.4 is 4.31 Å². The molecule has 2 heterocycles. The lowest BCUT2D eigenvalue weighted by molar-refractivity contribution is -0.141. The van der Waals surface area contributed by atoms with Gasteiger partial charge in [0.2, 0.25) is 15.9 Å². The average Bonchev–Trinajstić information content (AvgIpc) is 3.03. The zero-order chi connectivity index (χ0) is 25.0. The predicted octanol–water partition coefficient (Wildman–Crippen LogP) is 4.29. The van der Waals surface area contributed by atoms with Gasteiger partial charge in [-0.15, -0.1) is 0 Å². The van der Waals surface area contributed by atoms with E-state index in [-0.39, 0.29) is 27.4 Å². The number of anilines is 1. The number of fused-ring (bicyclic) bond motifs is 2. The fourth-order valence-corrected chi connectivity index (χ4v) is 4.38. The third kappa shape index (κ3) is 4.32. The minimum absolute atomic E-state index is 0.0463. The zero-order valence-electron chi connectivity index (χ0n) is 17.9. The van der Waals surface area contributed by atoms with E-state index in [1.165, 1.54) is 25.4 Å². The molecule has 0 atom stereocenters. The fourth-order valence-electron chi connectivity index (χ4n) is 3.85. The summed E-state index contributed by atoms with van der Waals surface area (Å²) in [5.41, 5.74) is 1.18. The number of hydrogen-bond acceptors (Lipinski definition) is 5. The minimum atomic E-state index is -4.68. The van der Waals surface area contributed by atoms with Crippen LogP contribution in [0.1, 0.15) is 11.1 Å². The molecule has 0 bridgehead atoms. The number of nitrogens with zero attached hydrogens (tertiary/aromatic N) is 3. The van der Waals surface area contributed by atoms with Crippen LogP contribution in [0.25, 0.3) is 21.7 Å². The van der Waals surface area contributed by atoms with Crippen molar-refractivity contribution in [3.05, 3.63) is 59.7 Å². The maximum atomic E-state index is 13.2. The molecule has 0 saturated carbocycles. The molecule has 0 aliphatic carbocycles. The van der Waals surface area contributed by atoms with Crippen LogP contribution in [-0.4, -0.2) is 47.7 Å². The predicted molar refractivity (Wildman–Crippen MR) is 119 cm³/mol. The van der Waals surface area contributed by atoms with Crippen molar-refractivity contribution < 1.29 is 36.2 Å². The highest BCUT2D eigenvalue weighted by atomic mass is 32.2. The Hall–Kier alpha value is -3.54. The highest BCUT2D eigenvalue weighted by Crippen LogP contribution is 2.47. The quantitative estimate of drug-likeness (QED) is 0.401. The SMILES string of the molecule is CN(c1c2cc(Cc3ccc(F)cc3)cnc2c(O)c2c(O)n(CC(F)(F)F)cc12)S(C)(=O)=O. The smallest absolute Gasteiger partial charge is 0.406 e. The topological polar surface area (TPSA) is 95.7 Å². The number of sulfonamides is 1. The largest absolute Gasteiger partial charge is 0.505 e. The van der Waals surface area contributed by atoms with Gasteiger partial charge >= 0.3 is 6.18 Å². The molecule has 180 valence electrons. The third-order valence-electron chi connectivity index (χ3n) is 5.45. The summed E-state index contributed by atoms with van der Waals surface area (Å²) >= 11 is 0. The summed E-state index contributed by atoms with van der Waals surface area (Å²) < 4.78 is 78.4. The number of pyridine rings is 1. The van der Waals surface area contributed by atoms with Gasteiger partial charge in [0.15, 0.2) is 5.75 Å². The third-order valence-corrected chi connectivity index (χ3v) is 6.63. The van der Waals surface area contributed by atoms with E-state index in [1.54, 1.807) is 18.2 Å². The Balaban J connectivity index is 2.01. The van der Waals surface area contributed by atoms with Crippen LogP contribution >= 0.6 is 0 Å². The summed E-state index contributed by atoms with van der Waals surface area (Å²) in [5, 5.41) is 21.0. The molecule has 0 spiro atoms. The van der Waals surface area contributed by atoms with Gasteiger partial charge in [0.1, 0.15) is 17.9 Å². The van der Waals surface area contributed by atoms with Gasteiger partial charge in [-0.3, -0.25) is 9.29 Å². The van der Waals surface area contributed by atoms with Crippen molar-refractivity contribution in [1.29, 1.82) is 0 Å². The molecule has 12 heteroatoms. The molecule has 7 nitrogen and oxygen atoms in total. The van der Waals surface area contributed by atoms with Gasteiger partial charge in [0.05, 0.1) is 17.3 Å². The highest BCUT2D eigenvalue weighted by molar-refractivity contribution is 7.92. The number of aromatic nitrogens is 2. The van der Waals surface area contributed by atoms with E-state index < -0.39 is 40.2 Å². The Bertz CT molecular complexity index is 1510. The first-order valence-electron chi connectivity index (χ1n) is 9.86. The molecular formula is C22H19F4N3O4S. The number of phenols is 1. The minimum Gasteiger partial charge on any atom is -0.505 e. The molecule has 2 N–H and O–H groups in total. The van der Waals surface area contributed by atoms with Crippen molar-refractivity contribution in [2.75, 3.05) is 17.6 Å². The van der Waals surface area contributed by atoms with Crippen LogP contribution in [0.15, 0.2) is 42.7 Å². The van der Waals surface area contributed by atoms with Gasteiger partial charge in [-0.2, -0.15) is 13.2 Å². The monoisotopic (exact) mass is 497 g/mol. The van der Waals surface area contributed by atoms with Crippen molar-refractivity contribution in [1.82, 2.24) is 9.55 Å². The van der Waals surface area contributed by atoms with E-state index in [1.807, 2.05) is 0 Å². The molecule has 0 radical (unpaired) electrons. The first-order chi connectivity index (χ1) is 15.8. The molecule has 2 aromatic heterocycles. The van der Waals surface area contributed by atoms with Crippen LogP contribution in [0.4, 0.5) is 23.2 Å². The molecular weight excluding hydrogens is 478 g/mol. The standard InChI is InChI=1S/C22H19F4N3O4S/c1-28(34(2,32)33)19-15-8-13(7-12-3-5-14(23)6-4-12)9-27-18(15)20(30)17-16(19)10-29(21(17)31)11-22(24,25)26/h3-6,8-10,30-31H,7,11H2,1-2H3. The van der Waals surface area contributed by atoms with Crippen molar-refractivity contribution in [3.63, 3.8) is 0 Å². The van der Waals surface area contributed by atoms with Gasteiger partial charge in [0.25, 0.3) is 0 Å². The molecule has 0 aliphatic rings. The second-order valence-electron chi connectivity index (χ2n) is 7.96. The van der Waals surface area contributed by atoms with Gasteiger partial charge in [-0.05, 0) is 35.7 Å². The number of hydrogen-bond donors (Lipinski definition) is 2. The fraction of sp³-hybridized carbons (Fsp3) is 0.227. The van der Waals surface area contributed by atoms with Crippen molar-refractivity contribution >= 4 is 37.4 Å². The molecule has 0 saturated heterocycles. The van der Waals surface area contributed by atoms with Gasteiger partial charge in [0, 0.05) is 30.2 Å². The molecule has 0 fully saturated rings. The molecule has 34 heavy (non-hydrogen) atoms. The maximum Gasteiger partial charge on any atom is 0.406 e. The summed E-state index contributed by atoms with van der Waals surface area (Å²) in [6.07, 6.45) is -1.11. The van der Waals surface area contributed by atoms with E-state index in [0.717, 1.165) is 22.3 Å². The number of phenolic OH excluding ortho intramolecular Hbond substituents is 1. The Labute approximate surface area is 191 Å². The van der Waals surface area contributed by atoms with Crippen molar-refractivity contribution in [3.8, 4) is 11.6 Å². The Morgan fingerprint density at radius 3 is 2.32 bits per heavy atom. The summed E-state index contributed by atoms with van der Waals surface area (Å²) in [6.45, 7) is -1.55. The van der Waals surface area contributed by atoms with Crippen LogP contribution in [0.5, 0.6) is 11.6 Å². The lowest BCUT2D eigenvalue weighted by Crippen LogP contribution is -2.25. The molecule has 2 aromatic carbocycles.